The Kier molecular flexibility index (Phi) is 3.68. The van der Waals surface area contributed by atoms with Crippen molar-refractivity contribution in [3.8, 4) is 5.75 Å². The van der Waals surface area contributed by atoms with Crippen LogP contribution in [-0.4, -0.2) is 27.0 Å². The Morgan fingerprint density at radius 3 is 2.72 bits per heavy atom. The van der Waals surface area contributed by atoms with Gasteiger partial charge in [-0.05, 0) is 20.8 Å². The first kappa shape index (κ1) is 13.0. The summed E-state index contributed by atoms with van der Waals surface area (Å²) >= 11 is 1.50. The first-order valence-electron chi connectivity index (χ1n) is 5.80. The van der Waals surface area contributed by atoms with Crippen LogP contribution in [0.25, 0.3) is 0 Å². The van der Waals surface area contributed by atoms with Crippen molar-refractivity contribution < 1.29 is 9.84 Å². The number of aliphatic hydroxyl groups is 1. The molecule has 1 N–H and O–H groups in total. The van der Waals surface area contributed by atoms with Crippen LogP contribution in [0.1, 0.15) is 34.3 Å². The van der Waals surface area contributed by atoms with Crippen LogP contribution in [0.2, 0.25) is 0 Å². The molecule has 5 nitrogen and oxygen atoms in total. The Hall–Kier alpha value is -1.40. The number of rotatable bonds is 4. The molecule has 0 amide bonds. The van der Waals surface area contributed by atoms with E-state index in [1.165, 1.54) is 11.3 Å². The maximum absolute atomic E-state index is 10.5. The zero-order valence-corrected chi connectivity index (χ0v) is 11.8. The lowest BCUT2D eigenvalue weighted by Crippen LogP contribution is -2.10. The van der Waals surface area contributed by atoms with E-state index >= 15 is 0 Å². The number of thiazole rings is 1. The van der Waals surface area contributed by atoms with Gasteiger partial charge in [0.1, 0.15) is 11.8 Å². The lowest BCUT2D eigenvalue weighted by molar-refractivity contribution is 0.205. The molecule has 98 valence electrons. The molecule has 0 spiro atoms. The molecule has 0 aliphatic carbocycles. The average Bonchev–Trinajstić information content (AvgIpc) is 2.90. The summed E-state index contributed by atoms with van der Waals surface area (Å²) in [5.41, 5.74) is 1.54. The van der Waals surface area contributed by atoms with E-state index < -0.39 is 6.10 Å². The van der Waals surface area contributed by atoms with E-state index in [4.69, 9.17) is 4.74 Å². The summed E-state index contributed by atoms with van der Waals surface area (Å²) in [6, 6.07) is 0. The summed E-state index contributed by atoms with van der Waals surface area (Å²) in [6.45, 7) is 6.50. The lowest BCUT2D eigenvalue weighted by Gasteiger charge is -2.13. The van der Waals surface area contributed by atoms with Crippen molar-refractivity contribution in [2.24, 2.45) is 0 Å². The predicted octanol–water partition coefficient (Wildman–Crippen LogP) is 2.07. The summed E-state index contributed by atoms with van der Waals surface area (Å²) in [4.78, 5) is 5.19. The molecule has 0 saturated heterocycles. The van der Waals surface area contributed by atoms with Gasteiger partial charge in [0, 0.05) is 6.54 Å². The van der Waals surface area contributed by atoms with Gasteiger partial charge in [-0.15, -0.1) is 11.3 Å². The Morgan fingerprint density at radius 2 is 2.22 bits per heavy atom. The van der Waals surface area contributed by atoms with Crippen LogP contribution < -0.4 is 4.74 Å². The minimum absolute atomic E-state index is 0.606. The molecule has 2 aromatic rings. The van der Waals surface area contributed by atoms with Crippen LogP contribution >= 0.6 is 11.3 Å². The highest BCUT2D eigenvalue weighted by molar-refractivity contribution is 7.11. The summed E-state index contributed by atoms with van der Waals surface area (Å²) < 4.78 is 7.01. The van der Waals surface area contributed by atoms with Crippen molar-refractivity contribution in [2.45, 2.75) is 33.4 Å². The molecule has 0 saturated carbocycles. The second-order valence-electron chi connectivity index (χ2n) is 4.00. The third-order valence-electron chi connectivity index (χ3n) is 2.81. The minimum Gasteiger partial charge on any atom is -0.493 e. The molecule has 0 radical (unpaired) electrons. The number of aliphatic hydroxyl groups excluding tert-OH is 1. The van der Waals surface area contributed by atoms with Gasteiger partial charge in [-0.25, -0.2) is 4.98 Å². The monoisotopic (exact) mass is 267 g/mol. The van der Waals surface area contributed by atoms with Crippen LogP contribution in [0.4, 0.5) is 0 Å². The van der Waals surface area contributed by atoms with Gasteiger partial charge in [0.25, 0.3) is 0 Å². The lowest BCUT2D eigenvalue weighted by atomic mass is 10.2. The van der Waals surface area contributed by atoms with Gasteiger partial charge in [0.15, 0.2) is 5.75 Å². The largest absolute Gasteiger partial charge is 0.493 e. The highest BCUT2D eigenvalue weighted by Crippen LogP contribution is 2.34. The average molecular weight is 267 g/mol. The molecule has 0 fully saturated rings. The van der Waals surface area contributed by atoms with E-state index in [-0.39, 0.29) is 0 Å². The topological polar surface area (TPSA) is 60.2 Å². The molecular formula is C12H17N3O2S. The van der Waals surface area contributed by atoms with Crippen LogP contribution in [-0.2, 0) is 6.54 Å². The van der Waals surface area contributed by atoms with E-state index in [2.05, 4.69) is 10.1 Å². The van der Waals surface area contributed by atoms with Gasteiger partial charge in [-0.1, -0.05) is 0 Å². The van der Waals surface area contributed by atoms with Crippen molar-refractivity contribution in [2.75, 3.05) is 7.11 Å². The van der Waals surface area contributed by atoms with Gasteiger partial charge in [-0.3, -0.25) is 4.68 Å². The van der Waals surface area contributed by atoms with Crippen molar-refractivity contribution in [3.63, 3.8) is 0 Å². The van der Waals surface area contributed by atoms with Crippen molar-refractivity contribution >= 4 is 11.3 Å². The minimum atomic E-state index is -0.742. The maximum Gasteiger partial charge on any atom is 0.163 e. The molecule has 0 aromatic carbocycles. The Labute approximate surface area is 110 Å². The third-order valence-corrected chi connectivity index (χ3v) is 3.94. The van der Waals surface area contributed by atoms with Gasteiger partial charge >= 0.3 is 0 Å². The fourth-order valence-electron chi connectivity index (χ4n) is 1.99. The van der Waals surface area contributed by atoms with Crippen molar-refractivity contribution in [1.82, 2.24) is 14.8 Å². The second-order valence-corrected chi connectivity index (χ2v) is 5.23. The van der Waals surface area contributed by atoms with E-state index in [0.29, 0.717) is 18.0 Å². The molecule has 1 atom stereocenters. The SMILES string of the molecule is CCn1ncc(OC)c1C(O)c1sc(C)nc1C. The number of aromatic nitrogens is 3. The molecule has 2 aromatic heterocycles. The van der Waals surface area contributed by atoms with Crippen LogP contribution in [0.5, 0.6) is 5.75 Å². The first-order chi connectivity index (χ1) is 8.58. The molecule has 0 bridgehead atoms. The van der Waals surface area contributed by atoms with Crippen molar-refractivity contribution in [3.05, 3.63) is 27.5 Å². The molecule has 0 aliphatic rings. The predicted molar refractivity (Wildman–Crippen MR) is 70.1 cm³/mol. The quantitative estimate of drug-likeness (QED) is 0.921. The molecule has 0 aliphatic heterocycles. The van der Waals surface area contributed by atoms with Crippen LogP contribution in [0, 0.1) is 13.8 Å². The van der Waals surface area contributed by atoms with Crippen LogP contribution in [0.3, 0.4) is 0 Å². The summed E-state index contributed by atoms with van der Waals surface area (Å²) in [6.07, 6.45) is 0.888. The Morgan fingerprint density at radius 1 is 1.50 bits per heavy atom. The van der Waals surface area contributed by atoms with E-state index in [1.807, 2.05) is 20.8 Å². The highest BCUT2D eigenvalue weighted by atomic mass is 32.1. The zero-order valence-electron chi connectivity index (χ0n) is 11.0. The zero-order chi connectivity index (χ0) is 13.3. The normalized spacial score (nSPS) is 12.7. The smallest absolute Gasteiger partial charge is 0.163 e. The molecule has 18 heavy (non-hydrogen) atoms. The summed E-state index contributed by atoms with van der Waals surface area (Å²) in [7, 11) is 1.58. The van der Waals surface area contributed by atoms with Crippen molar-refractivity contribution in [1.29, 1.82) is 0 Å². The standard InChI is InChI=1S/C12H17N3O2S/c1-5-15-10(9(17-4)6-13-15)11(16)12-7(2)14-8(3)18-12/h6,11,16H,5H2,1-4H3. The Balaban J connectivity index is 2.47. The molecule has 2 rings (SSSR count). The first-order valence-corrected chi connectivity index (χ1v) is 6.61. The second kappa shape index (κ2) is 5.07. The molecular weight excluding hydrogens is 250 g/mol. The van der Waals surface area contributed by atoms with Gasteiger partial charge in [0.05, 0.1) is 28.9 Å². The maximum atomic E-state index is 10.5. The third kappa shape index (κ3) is 2.13. The summed E-state index contributed by atoms with van der Waals surface area (Å²) in [5, 5.41) is 15.7. The van der Waals surface area contributed by atoms with Gasteiger partial charge in [-0.2, -0.15) is 5.10 Å². The van der Waals surface area contributed by atoms with E-state index in [9.17, 15) is 5.11 Å². The Bertz CT molecular complexity index is 526. The van der Waals surface area contributed by atoms with Gasteiger partial charge < -0.3 is 9.84 Å². The van der Waals surface area contributed by atoms with Crippen LogP contribution in [0.15, 0.2) is 6.20 Å². The molecule has 6 heteroatoms. The molecule has 2 heterocycles. The summed E-state index contributed by atoms with van der Waals surface area (Å²) in [5.74, 6) is 0.606. The highest BCUT2D eigenvalue weighted by Gasteiger charge is 2.24. The number of nitrogens with zero attached hydrogens (tertiary/aromatic N) is 3. The van der Waals surface area contributed by atoms with Gasteiger partial charge in [0.2, 0.25) is 0 Å². The van der Waals surface area contributed by atoms with E-state index in [0.717, 1.165) is 15.6 Å². The van der Waals surface area contributed by atoms with E-state index in [1.54, 1.807) is 18.0 Å². The fourth-order valence-corrected chi connectivity index (χ4v) is 2.91. The molecule has 1 unspecified atom stereocenters. The number of methoxy groups -OCH3 is 1. The number of hydrogen-bond donors (Lipinski definition) is 1. The fraction of sp³-hybridized carbons (Fsp3) is 0.500. The number of aryl methyl sites for hydroxylation is 3. The number of ether oxygens (including phenoxy) is 1. The number of hydrogen-bond acceptors (Lipinski definition) is 5.